The molecule has 0 saturated heterocycles. The van der Waals surface area contributed by atoms with Gasteiger partial charge >= 0.3 is 0 Å². The van der Waals surface area contributed by atoms with E-state index in [-0.39, 0.29) is 17.1 Å². The fraction of sp³-hybridized carbons (Fsp3) is 0.500. The number of quaternary nitrogens is 1. The molecule has 0 amide bonds. The van der Waals surface area contributed by atoms with Gasteiger partial charge < -0.3 is 17.1 Å². The highest BCUT2D eigenvalue weighted by atomic mass is 16.0. The third-order valence-corrected chi connectivity index (χ3v) is 3.12. The van der Waals surface area contributed by atoms with Gasteiger partial charge in [0.05, 0.1) is 19.6 Å². The SMILES string of the molecule is CC[N+](CC)(CC)c1ccccc1.N.O.[OH-]. The second-order valence-corrected chi connectivity index (χ2v) is 3.43. The molecule has 0 heterocycles. The van der Waals surface area contributed by atoms with Crippen molar-refractivity contribution in [1.82, 2.24) is 10.6 Å². The molecule has 0 unspecified atom stereocenters. The van der Waals surface area contributed by atoms with E-state index in [9.17, 15) is 0 Å². The Balaban J connectivity index is -0.000000563. The van der Waals surface area contributed by atoms with Gasteiger partial charge in [-0.2, -0.15) is 0 Å². The molecular weight excluding hydrogens is 204 g/mol. The lowest BCUT2D eigenvalue weighted by molar-refractivity contribution is 0.316. The molecule has 0 aliphatic carbocycles. The maximum atomic E-state index is 2.26. The summed E-state index contributed by atoms with van der Waals surface area (Å²) in [7, 11) is 0. The van der Waals surface area contributed by atoms with Gasteiger partial charge in [-0.3, -0.25) is 4.48 Å². The van der Waals surface area contributed by atoms with E-state index in [1.54, 1.807) is 0 Å². The Labute approximate surface area is 98.7 Å². The average Bonchev–Trinajstić information content (AvgIpc) is 2.23. The van der Waals surface area contributed by atoms with Gasteiger partial charge in [0.1, 0.15) is 5.69 Å². The van der Waals surface area contributed by atoms with Gasteiger partial charge in [0.25, 0.3) is 0 Å². The molecule has 0 aliphatic rings. The van der Waals surface area contributed by atoms with Crippen molar-refractivity contribution in [3.8, 4) is 0 Å². The first-order chi connectivity index (χ1) is 6.29. The minimum Gasteiger partial charge on any atom is -0.870 e. The van der Waals surface area contributed by atoms with E-state index in [1.807, 2.05) is 0 Å². The number of para-hydroxylation sites is 1. The minimum atomic E-state index is 0. The van der Waals surface area contributed by atoms with Crippen molar-refractivity contribution >= 4 is 5.69 Å². The molecule has 0 saturated carbocycles. The van der Waals surface area contributed by atoms with Gasteiger partial charge in [0.2, 0.25) is 0 Å². The van der Waals surface area contributed by atoms with E-state index in [2.05, 4.69) is 51.1 Å². The van der Waals surface area contributed by atoms with Crippen molar-refractivity contribution in [3.05, 3.63) is 30.3 Å². The van der Waals surface area contributed by atoms with Crippen LogP contribution in [-0.4, -0.2) is 30.6 Å². The zero-order chi connectivity index (χ0) is 9.73. The molecule has 1 aromatic carbocycles. The molecule has 0 aromatic heterocycles. The lowest BCUT2D eigenvalue weighted by Crippen LogP contribution is -2.48. The summed E-state index contributed by atoms with van der Waals surface area (Å²) >= 11 is 0. The second kappa shape index (κ2) is 9.30. The average molecular weight is 230 g/mol. The number of nitrogens with zero attached hydrogens (tertiary/aromatic N) is 1. The molecule has 0 radical (unpaired) electrons. The third-order valence-electron chi connectivity index (χ3n) is 3.12. The summed E-state index contributed by atoms with van der Waals surface area (Å²) in [6, 6.07) is 10.8. The molecule has 1 rings (SSSR count). The van der Waals surface area contributed by atoms with E-state index in [0.29, 0.717) is 0 Å². The lowest BCUT2D eigenvalue weighted by atomic mass is 10.2. The molecule has 4 heteroatoms. The summed E-state index contributed by atoms with van der Waals surface area (Å²) in [5, 5.41) is 0. The van der Waals surface area contributed by atoms with Gasteiger partial charge in [-0.25, -0.2) is 0 Å². The van der Waals surface area contributed by atoms with E-state index in [1.165, 1.54) is 25.3 Å². The van der Waals surface area contributed by atoms with Crippen LogP contribution in [0.2, 0.25) is 0 Å². The molecule has 16 heavy (non-hydrogen) atoms. The van der Waals surface area contributed by atoms with E-state index in [4.69, 9.17) is 0 Å². The number of benzene rings is 1. The van der Waals surface area contributed by atoms with E-state index in [0.717, 1.165) is 4.48 Å². The van der Waals surface area contributed by atoms with Crippen LogP contribution in [0.3, 0.4) is 0 Å². The highest BCUT2D eigenvalue weighted by Gasteiger charge is 2.23. The Hall–Kier alpha value is -0.940. The summed E-state index contributed by atoms with van der Waals surface area (Å²) in [4.78, 5) is 0. The highest BCUT2D eigenvalue weighted by molar-refractivity contribution is 5.42. The molecule has 0 fully saturated rings. The van der Waals surface area contributed by atoms with Crippen LogP contribution < -0.4 is 10.6 Å². The Morgan fingerprint density at radius 3 is 1.56 bits per heavy atom. The summed E-state index contributed by atoms with van der Waals surface area (Å²) in [5.74, 6) is 0. The molecule has 1 aromatic rings. The van der Waals surface area contributed by atoms with Crippen molar-refractivity contribution in [1.29, 1.82) is 0 Å². The molecule has 0 bridgehead atoms. The molecule has 4 nitrogen and oxygen atoms in total. The normalized spacial score (nSPS) is 9.44. The summed E-state index contributed by atoms with van der Waals surface area (Å²) in [6.45, 7) is 10.3. The summed E-state index contributed by atoms with van der Waals surface area (Å²) in [5.41, 5.74) is 1.44. The first-order valence-electron chi connectivity index (χ1n) is 5.20. The molecule has 96 valence electrons. The van der Waals surface area contributed by atoms with Crippen molar-refractivity contribution in [3.63, 3.8) is 0 Å². The van der Waals surface area contributed by atoms with Crippen LogP contribution in [0.5, 0.6) is 0 Å². The van der Waals surface area contributed by atoms with Crippen LogP contribution >= 0.6 is 0 Å². The maximum absolute atomic E-state index is 2.26. The van der Waals surface area contributed by atoms with Crippen molar-refractivity contribution in [2.24, 2.45) is 0 Å². The largest absolute Gasteiger partial charge is 0.870 e. The Morgan fingerprint density at radius 2 is 1.25 bits per heavy atom. The van der Waals surface area contributed by atoms with Crippen molar-refractivity contribution in [2.45, 2.75) is 20.8 Å². The van der Waals surface area contributed by atoms with Gasteiger partial charge in [-0.15, -0.1) is 0 Å². The zero-order valence-corrected chi connectivity index (χ0v) is 10.6. The molecule has 0 atom stereocenters. The van der Waals surface area contributed by atoms with Gasteiger partial charge in [-0.05, 0) is 32.9 Å². The lowest BCUT2D eigenvalue weighted by Gasteiger charge is -2.35. The van der Waals surface area contributed by atoms with E-state index < -0.39 is 0 Å². The van der Waals surface area contributed by atoms with Crippen LogP contribution in [0.4, 0.5) is 5.69 Å². The predicted molar refractivity (Wildman–Crippen MR) is 70.4 cm³/mol. The van der Waals surface area contributed by atoms with Crippen LogP contribution in [0.1, 0.15) is 20.8 Å². The third kappa shape index (κ3) is 3.90. The fourth-order valence-electron chi connectivity index (χ4n) is 1.96. The molecule has 0 spiro atoms. The van der Waals surface area contributed by atoms with Gasteiger partial charge in [0.15, 0.2) is 0 Å². The molecule has 6 N–H and O–H groups in total. The molecular formula is C12H26N2O2. The first kappa shape index (κ1) is 20.5. The minimum absolute atomic E-state index is 0. The maximum Gasteiger partial charge on any atom is 0.132 e. The van der Waals surface area contributed by atoms with Crippen LogP contribution in [0, 0.1) is 0 Å². The standard InChI is InChI=1S/C12H20N.H3N.2H2O/c1-4-13(5-2,6-3)12-10-8-7-9-11-12;;;/h7-11H,4-6H2,1-3H3;1H3;2*1H2/q+1;;;/p-1. The number of rotatable bonds is 4. The Bertz CT molecular complexity index is 240. The Morgan fingerprint density at radius 1 is 0.875 bits per heavy atom. The predicted octanol–water partition coefficient (Wildman–Crippen LogP) is 2.21. The fourth-order valence-corrected chi connectivity index (χ4v) is 1.96. The van der Waals surface area contributed by atoms with Crippen LogP contribution in [0.15, 0.2) is 30.3 Å². The topological polar surface area (TPSA) is 96.5 Å². The monoisotopic (exact) mass is 230 g/mol. The van der Waals surface area contributed by atoms with Crippen molar-refractivity contribution < 1.29 is 11.0 Å². The quantitative estimate of drug-likeness (QED) is 0.802. The summed E-state index contributed by atoms with van der Waals surface area (Å²) in [6.07, 6.45) is 0. The summed E-state index contributed by atoms with van der Waals surface area (Å²) < 4.78 is 1.10. The zero-order valence-electron chi connectivity index (χ0n) is 10.6. The smallest absolute Gasteiger partial charge is 0.132 e. The van der Waals surface area contributed by atoms with Crippen LogP contribution in [0.25, 0.3) is 0 Å². The molecule has 0 aliphatic heterocycles. The number of hydrogen-bond donors (Lipinski definition) is 1. The highest BCUT2D eigenvalue weighted by Crippen LogP contribution is 2.21. The van der Waals surface area contributed by atoms with Gasteiger partial charge in [-0.1, -0.05) is 18.2 Å². The van der Waals surface area contributed by atoms with Crippen molar-refractivity contribution in [2.75, 3.05) is 19.6 Å². The van der Waals surface area contributed by atoms with Gasteiger partial charge in [0, 0.05) is 0 Å². The Kier molecular flexibility index (Phi) is 11.9. The van der Waals surface area contributed by atoms with Crippen LogP contribution in [-0.2, 0) is 0 Å². The van der Waals surface area contributed by atoms with E-state index >= 15 is 0 Å². The first-order valence-corrected chi connectivity index (χ1v) is 5.20. The second-order valence-electron chi connectivity index (χ2n) is 3.43. The number of hydrogen-bond acceptors (Lipinski definition) is 2.